The third-order valence-corrected chi connectivity index (χ3v) is 2.77. The van der Waals surface area contributed by atoms with Crippen LogP contribution in [0.25, 0.3) is 0 Å². The quantitative estimate of drug-likeness (QED) is 0.536. The van der Waals surface area contributed by atoms with Crippen molar-refractivity contribution in [3.63, 3.8) is 0 Å². The van der Waals surface area contributed by atoms with Gasteiger partial charge in [0.05, 0.1) is 5.25 Å². The van der Waals surface area contributed by atoms with Crippen molar-refractivity contribution in [1.82, 2.24) is 0 Å². The first kappa shape index (κ1) is 11.6. The summed E-state index contributed by atoms with van der Waals surface area (Å²) in [7, 11) is -3.76. The van der Waals surface area contributed by atoms with Gasteiger partial charge in [-0.1, -0.05) is 26.3 Å². The lowest BCUT2D eigenvalue weighted by Gasteiger charge is -1.87. The summed E-state index contributed by atoms with van der Waals surface area (Å²) < 4.78 is 28.9. The maximum absolute atomic E-state index is 10.3. The highest BCUT2D eigenvalue weighted by Gasteiger charge is 2.44. The zero-order chi connectivity index (χ0) is 9.78. The smallest absolute Gasteiger partial charge is 0.268 e. The largest absolute Gasteiger partial charge is 0.285 e. The van der Waals surface area contributed by atoms with E-state index in [9.17, 15) is 8.42 Å². The third kappa shape index (κ3) is 3.88. The fourth-order valence-electron chi connectivity index (χ4n) is 0.780. The molecule has 0 amide bonds. The fourth-order valence-corrected chi connectivity index (χ4v) is 1.80. The van der Waals surface area contributed by atoms with Crippen LogP contribution in [0.3, 0.4) is 0 Å². The van der Waals surface area contributed by atoms with E-state index >= 15 is 0 Å². The van der Waals surface area contributed by atoms with Crippen molar-refractivity contribution in [2.24, 2.45) is 5.92 Å². The Kier molecular flexibility index (Phi) is 4.49. The van der Waals surface area contributed by atoms with Crippen molar-refractivity contribution in [1.29, 1.82) is 0 Å². The normalized spacial score (nSPS) is 26.9. The minimum Gasteiger partial charge on any atom is -0.285 e. The maximum atomic E-state index is 10.3. The summed E-state index contributed by atoms with van der Waals surface area (Å²) >= 11 is 0. The zero-order valence-corrected chi connectivity index (χ0v) is 8.34. The molecule has 1 rings (SSSR count). The van der Waals surface area contributed by atoms with Gasteiger partial charge in [-0.25, -0.2) is 0 Å². The monoisotopic (exact) mass is 192 g/mol. The van der Waals surface area contributed by atoms with Crippen LogP contribution >= 0.6 is 0 Å². The third-order valence-electron chi connectivity index (χ3n) is 1.46. The van der Waals surface area contributed by atoms with Gasteiger partial charge in [0.15, 0.2) is 0 Å². The lowest BCUT2D eigenvalue weighted by atomic mass is 10.4. The molecule has 0 spiro atoms. The van der Waals surface area contributed by atoms with Crippen molar-refractivity contribution >= 4 is 10.1 Å². The maximum Gasteiger partial charge on any atom is 0.268 e. The second-order valence-corrected chi connectivity index (χ2v) is 4.53. The summed E-state index contributed by atoms with van der Waals surface area (Å²) in [6.45, 7) is 7.66. The summed E-state index contributed by atoms with van der Waals surface area (Å²) in [6, 6.07) is 0. The Morgan fingerprint density at radius 3 is 2.08 bits per heavy atom. The Morgan fingerprint density at radius 1 is 1.58 bits per heavy atom. The van der Waals surface area contributed by atoms with Crippen LogP contribution in [0.4, 0.5) is 0 Å². The Bertz CT molecular complexity index is 231. The SMILES string of the molecule is C=CC1CC1S(=O)(=O)O.CCC. The van der Waals surface area contributed by atoms with Gasteiger partial charge in [-0.15, -0.1) is 6.58 Å². The van der Waals surface area contributed by atoms with Gasteiger partial charge in [-0.3, -0.25) is 4.55 Å². The second-order valence-electron chi connectivity index (χ2n) is 2.90. The highest BCUT2D eigenvalue weighted by molar-refractivity contribution is 7.86. The Balaban J connectivity index is 0.000000354. The van der Waals surface area contributed by atoms with Gasteiger partial charge in [0.2, 0.25) is 0 Å². The van der Waals surface area contributed by atoms with Gasteiger partial charge in [0.25, 0.3) is 10.1 Å². The summed E-state index contributed by atoms with van der Waals surface area (Å²) in [5.74, 6) is -0.0139. The molecule has 1 aliphatic carbocycles. The lowest BCUT2D eigenvalue weighted by molar-refractivity contribution is 0.480. The van der Waals surface area contributed by atoms with Crippen LogP contribution in [0, 0.1) is 5.92 Å². The number of rotatable bonds is 2. The van der Waals surface area contributed by atoms with E-state index in [-0.39, 0.29) is 5.92 Å². The Hall–Kier alpha value is -0.350. The van der Waals surface area contributed by atoms with Gasteiger partial charge in [0, 0.05) is 0 Å². The predicted octanol–water partition coefficient (Wildman–Crippen LogP) is 1.86. The summed E-state index contributed by atoms with van der Waals surface area (Å²) in [6.07, 6.45) is 3.33. The molecule has 2 unspecified atom stereocenters. The van der Waals surface area contributed by atoms with Gasteiger partial charge in [-0.2, -0.15) is 8.42 Å². The van der Waals surface area contributed by atoms with Crippen LogP contribution in [0.15, 0.2) is 12.7 Å². The molecule has 0 aromatic carbocycles. The predicted molar refractivity (Wildman–Crippen MR) is 49.6 cm³/mol. The first-order chi connectivity index (χ1) is 5.47. The van der Waals surface area contributed by atoms with Gasteiger partial charge in [-0.05, 0) is 12.3 Å². The van der Waals surface area contributed by atoms with Crippen LogP contribution < -0.4 is 0 Å². The van der Waals surface area contributed by atoms with E-state index < -0.39 is 15.4 Å². The van der Waals surface area contributed by atoms with Crippen LogP contribution in [0.1, 0.15) is 26.7 Å². The molecule has 0 radical (unpaired) electrons. The number of hydrogen-bond acceptors (Lipinski definition) is 2. The molecule has 0 heterocycles. The summed E-state index contributed by atoms with van der Waals surface area (Å²) in [4.78, 5) is 0. The number of allylic oxidation sites excluding steroid dienone is 1. The molecular weight excluding hydrogens is 176 g/mol. The van der Waals surface area contributed by atoms with E-state index in [0.29, 0.717) is 6.42 Å². The van der Waals surface area contributed by atoms with E-state index in [0.717, 1.165) is 0 Å². The highest BCUT2D eigenvalue weighted by atomic mass is 32.2. The molecule has 0 bridgehead atoms. The minimum atomic E-state index is -3.76. The lowest BCUT2D eigenvalue weighted by Crippen LogP contribution is -2.05. The molecule has 0 saturated heterocycles. The molecule has 0 aromatic rings. The van der Waals surface area contributed by atoms with Crippen molar-refractivity contribution in [2.45, 2.75) is 31.9 Å². The minimum absolute atomic E-state index is 0.0139. The summed E-state index contributed by atoms with van der Waals surface area (Å²) in [5.41, 5.74) is 0. The topological polar surface area (TPSA) is 54.4 Å². The average molecular weight is 192 g/mol. The highest BCUT2D eigenvalue weighted by Crippen LogP contribution is 2.36. The van der Waals surface area contributed by atoms with E-state index in [1.807, 2.05) is 0 Å². The molecule has 1 saturated carbocycles. The zero-order valence-electron chi connectivity index (χ0n) is 7.53. The molecule has 1 fully saturated rings. The molecule has 1 aliphatic rings. The fraction of sp³-hybridized carbons (Fsp3) is 0.750. The van der Waals surface area contributed by atoms with Crippen molar-refractivity contribution in [3.8, 4) is 0 Å². The van der Waals surface area contributed by atoms with E-state index in [1.165, 1.54) is 6.42 Å². The first-order valence-electron chi connectivity index (χ1n) is 4.06. The molecule has 4 heteroatoms. The molecule has 72 valence electrons. The Morgan fingerprint density at radius 2 is 2.00 bits per heavy atom. The van der Waals surface area contributed by atoms with Crippen LogP contribution in [-0.2, 0) is 10.1 Å². The van der Waals surface area contributed by atoms with Crippen LogP contribution in [0.5, 0.6) is 0 Å². The number of hydrogen-bond donors (Lipinski definition) is 1. The molecule has 2 atom stereocenters. The molecule has 0 aromatic heterocycles. The Labute approximate surface area is 74.2 Å². The van der Waals surface area contributed by atoms with E-state index in [1.54, 1.807) is 6.08 Å². The van der Waals surface area contributed by atoms with Gasteiger partial charge < -0.3 is 0 Å². The van der Waals surface area contributed by atoms with E-state index in [4.69, 9.17) is 4.55 Å². The molecule has 1 N–H and O–H groups in total. The summed E-state index contributed by atoms with van der Waals surface area (Å²) in [5, 5.41) is -0.560. The van der Waals surface area contributed by atoms with Crippen LogP contribution in [-0.4, -0.2) is 18.2 Å². The van der Waals surface area contributed by atoms with E-state index in [2.05, 4.69) is 20.4 Å². The van der Waals surface area contributed by atoms with Gasteiger partial charge in [0.1, 0.15) is 0 Å². The molecule has 0 aliphatic heterocycles. The molecule has 3 nitrogen and oxygen atoms in total. The second kappa shape index (κ2) is 4.62. The van der Waals surface area contributed by atoms with Crippen molar-refractivity contribution < 1.29 is 13.0 Å². The molecular formula is C8H16O3S. The average Bonchev–Trinajstić information content (AvgIpc) is 2.64. The van der Waals surface area contributed by atoms with Crippen LogP contribution in [0.2, 0.25) is 0 Å². The first-order valence-corrected chi connectivity index (χ1v) is 5.56. The molecule has 12 heavy (non-hydrogen) atoms. The van der Waals surface area contributed by atoms with Crippen molar-refractivity contribution in [3.05, 3.63) is 12.7 Å². The van der Waals surface area contributed by atoms with Crippen molar-refractivity contribution in [2.75, 3.05) is 0 Å². The van der Waals surface area contributed by atoms with Gasteiger partial charge >= 0.3 is 0 Å². The standard InChI is InChI=1S/C5H8O3S.C3H8/c1-2-4-3-5(4)9(6,7)8;1-3-2/h2,4-5H,1,3H2,(H,6,7,8);3H2,1-2H3.